The van der Waals surface area contributed by atoms with E-state index in [4.69, 9.17) is 0 Å². The standard InChI is InChI=1S/C14H15N3O3/c1-2-10-5-3-4-6-11(10)15-13(19)9-17-8-7-12(18)16-14(17)20/h3-8H,2,9H2,1H3,(H,15,19)(H,16,18,20). The molecule has 0 spiro atoms. The van der Waals surface area contributed by atoms with Crippen LogP contribution < -0.4 is 16.6 Å². The number of hydrogen-bond donors (Lipinski definition) is 2. The summed E-state index contributed by atoms with van der Waals surface area (Å²) in [5.74, 6) is -0.319. The smallest absolute Gasteiger partial charge is 0.324 e. The Morgan fingerprint density at radius 2 is 2.00 bits per heavy atom. The average molecular weight is 273 g/mol. The van der Waals surface area contributed by atoms with Crippen LogP contribution in [0.2, 0.25) is 0 Å². The number of H-pyrrole nitrogens is 1. The highest BCUT2D eigenvalue weighted by Gasteiger charge is 2.07. The number of para-hydroxylation sites is 1. The fourth-order valence-corrected chi connectivity index (χ4v) is 1.86. The molecule has 6 nitrogen and oxygen atoms in total. The van der Waals surface area contributed by atoms with E-state index in [1.165, 1.54) is 12.3 Å². The highest BCUT2D eigenvalue weighted by Crippen LogP contribution is 2.15. The highest BCUT2D eigenvalue weighted by molar-refractivity contribution is 5.91. The van der Waals surface area contributed by atoms with Gasteiger partial charge in [0, 0.05) is 18.0 Å². The van der Waals surface area contributed by atoms with Crippen molar-refractivity contribution in [2.45, 2.75) is 19.9 Å². The summed E-state index contributed by atoms with van der Waals surface area (Å²) in [6.07, 6.45) is 2.10. The van der Waals surface area contributed by atoms with Crippen molar-refractivity contribution in [3.05, 3.63) is 62.9 Å². The molecular formula is C14H15N3O3. The van der Waals surface area contributed by atoms with E-state index in [0.717, 1.165) is 22.2 Å². The zero-order valence-corrected chi connectivity index (χ0v) is 11.1. The van der Waals surface area contributed by atoms with E-state index in [9.17, 15) is 14.4 Å². The maximum Gasteiger partial charge on any atom is 0.328 e. The molecule has 2 rings (SSSR count). The quantitative estimate of drug-likeness (QED) is 0.861. The van der Waals surface area contributed by atoms with Gasteiger partial charge in [0.25, 0.3) is 5.56 Å². The summed E-state index contributed by atoms with van der Waals surface area (Å²) in [5.41, 5.74) is 0.673. The maximum absolute atomic E-state index is 11.9. The van der Waals surface area contributed by atoms with Crippen LogP contribution in [-0.4, -0.2) is 15.5 Å². The van der Waals surface area contributed by atoms with E-state index < -0.39 is 11.2 Å². The Morgan fingerprint density at radius 1 is 1.25 bits per heavy atom. The molecule has 0 saturated heterocycles. The van der Waals surface area contributed by atoms with E-state index in [0.29, 0.717) is 0 Å². The number of hydrogen-bond acceptors (Lipinski definition) is 3. The zero-order valence-electron chi connectivity index (χ0n) is 11.1. The van der Waals surface area contributed by atoms with Crippen LogP contribution in [0.1, 0.15) is 12.5 Å². The molecule has 1 aromatic heterocycles. The van der Waals surface area contributed by atoms with E-state index in [-0.39, 0.29) is 12.5 Å². The lowest BCUT2D eigenvalue weighted by molar-refractivity contribution is -0.116. The van der Waals surface area contributed by atoms with Gasteiger partial charge < -0.3 is 5.32 Å². The second-order valence-corrected chi connectivity index (χ2v) is 4.30. The monoisotopic (exact) mass is 273 g/mol. The second-order valence-electron chi connectivity index (χ2n) is 4.30. The van der Waals surface area contributed by atoms with Crippen molar-refractivity contribution < 1.29 is 4.79 Å². The fourth-order valence-electron chi connectivity index (χ4n) is 1.86. The molecule has 1 aromatic carbocycles. The Kier molecular flexibility index (Phi) is 4.14. The van der Waals surface area contributed by atoms with Gasteiger partial charge in [-0.3, -0.25) is 19.1 Å². The number of rotatable bonds is 4. The minimum Gasteiger partial charge on any atom is -0.324 e. The molecule has 0 unspecified atom stereocenters. The van der Waals surface area contributed by atoms with E-state index in [1.54, 1.807) is 0 Å². The van der Waals surface area contributed by atoms with Gasteiger partial charge in [-0.05, 0) is 18.1 Å². The van der Waals surface area contributed by atoms with Crippen molar-refractivity contribution in [3.8, 4) is 0 Å². The largest absolute Gasteiger partial charge is 0.328 e. The number of amides is 1. The van der Waals surface area contributed by atoms with Crippen molar-refractivity contribution in [1.82, 2.24) is 9.55 Å². The summed E-state index contributed by atoms with van der Waals surface area (Å²) in [5, 5.41) is 2.76. The van der Waals surface area contributed by atoms with Crippen molar-refractivity contribution in [2.75, 3.05) is 5.32 Å². The third kappa shape index (κ3) is 3.23. The first-order valence-electron chi connectivity index (χ1n) is 6.27. The molecule has 0 aliphatic heterocycles. The Morgan fingerprint density at radius 3 is 2.70 bits per heavy atom. The lowest BCUT2D eigenvalue weighted by Gasteiger charge is -2.10. The van der Waals surface area contributed by atoms with Crippen LogP contribution in [-0.2, 0) is 17.8 Å². The molecule has 20 heavy (non-hydrogen) atoms. The summed E-state index contributed by atoms with van der Waals surface area (Å²) < 4.78 is 1.14. The summed E-state index contributed by atoms with van der Waals surface area (Å²) in [6.45, 7) is 1.85. The summed E-state index contributed by atoms with van der Waals surface area (Å²) >= 11 is 0. The second kappa shape index (κ2) is 6.01. The van der Waals surface area contributed by atoms with Crippen molar-refractivity contribution in [2.24, 2.45) is 0 Å². The van der Waals surface area contributed by atoms with Crippen molar-refractivity contribution in [3.63, 3.8) is 0 Å². The SMILES string of the molecule is CCc1ccccc1NC(=O)Cn1ccc(=O)[nH]c1=O. The normalized spacial score (nSPS) is 10.2. The van der Waals surface area contributed by atoms with Gasteiger partial charge in [-0.25, -0.2) is 4.79 Å². The van der Waals surface area contributed by atoms with Crippen LogP contribution in [0.4, 0.5) is 5.69 Å². The zero-order chi connectivity index (χ0) is 14.5. The number of benzene rings is 1. The first-order chi connectivity index (χ1) is 9.60. The number of aromatic nitrogens is 2. The minimum atomic E-state index is -0.601. The van der Waals surface area contributed by atoms with Gasteiger partial charge in [-0.1, -0.05) is 25.1 Å². The van der Waals surface area contributed by atoms with Crippen LogP contribution in [0, 0.1) is 0 Å². The van der Waals surface area contributed by atoms with E-state index in [1.807, 2.05) is 31.2 Å². The summed E-state index contributed by atoms with van der Waals surface area (Å²) in [7, 11) is 0. The van der Waals surface area contributed by atoms with Crippen molar-refractivity contribution >= 4 is 11.6 Å². The Bertz CT molecular complexity index is 731. The average Bonchev–Trinajstić information content (AvgIpc) is 2.42. The molecule has 0 aliphatic rings. The van der Waals surface area contributed by atoms with Gasteiger partial charge in [-0.2, -0.15) is 0 Å². The van der Waals surface area contributed by atoms with Crippen LogP contribution in [0.5, 0.6) is 0 Å². The lowest BCUT2D eigenvalue weighted by Crippen LogP contribution is -2.32. The maximum atomic E-state index is 11.9. The van der Waals surface area contributed by atoms with E-state index >= 15 is 0 Å². The third-order valence-electron chi connectivity index (χ3n) is 2.88. The number of nitrogens with one attached hydrogen (secondary N) is 2. The molecular weight excluding hydrogens is 258 g/mol. The fraction of sp³-hybridized carbons (Fsp3) is 0.214. The lowest BCUT2D eigenvalue weighted by atomic mass is 10.1. The Labute approximate surface area is 115 Å². The number of aromatic amines is 1. The van der Waals surface area contributed by atoms with Crippen LogP contribution in [0.3, 0.4) is 0 Å². The first-order valence-corrected chi connectivity index (χ1v) is 6.27. The number of anilines is 1. The predicted molar refractivity (Wildman–Crippen MR) is 75.8 cm³/mol. The number of nitrogens with zero attached hydrogens (tertiary/aromatic N) is 1. The van der Waals surface area contributed by atoms with Gasteiger partial charge in [0.15, 0.2) is 0 Å². The molecule has 2 aromatic rings. The van der Waals surface area contributed by atoms with Gasteiger partial charge in [0.1, 0.15) is 6.54 Å². The summed E-state index contributed by atoms with van der Waals surface area (Å²) in [4.78, 5) is 36.4. The van der Waals surface area contributed by atoms with Crippen LogP contribution >= 0.6 is 0 Å². The molecule has 1 heterocycles. The van der Waals surface area contributed by atoms with Gasteiger partial charge in [0.2, 0.25) is 5.91 Å². The number of aryl methyl sites for hydroxylation is 1. The summed E-state index contributed by atoms with van der Waals surface area (Å²) in [6, 6.07) is 8.69. The first kappa shape index (κ1) is 13.8. The van der Waals surface area contributed by atoms with Crippen LogP contribution in [0.15, 0.2) is 46.1 Å². The van der Waals surface area contributed by atoms with Crippen LogP contribution in [0.25, 0.3) is 0 Å². The molecule has 1 amide bonds. The molecule has 6 heteroatoms. The number of carbonyl (C=O) groups excluding carboxylic acids is 1. The van der Waals surface area contributed by atoms with E-state index in [2.05, 4.69) is 10.3 Å². The Balaban J connectivity index is 2.13. The predicted octanol–water partition coefficient (Wildman–Crippen LogP) is 0.738. The topological polar surface area (TPSA) is 84.0 Å². The molecule has 2 N–H and O–H groups in total. The molecule has 104 valence electrons. The Hall–Kier alpha value is -2.63. The van der Waals surface area contributed by atoms with Gasteiger partial charge in [-0.15, -0.1) is 0 Å². The molecule has 0 radical (unpaired) electrons. The van der Waals surface area contributed by atoms with Gasteiger partial charge >= 0.3 is 5.69 Å². The molecule has 0 bridgehead atoms. The minimum absolute atomic E-state index is 0.145. The number of carbonyl (C=O) groups is 1. The molecule has 0 fully saturated rings. The third-order valence-corrected chi connectivity index (χ3v) is 2.88. The molecule has 0 atom stereocenters. The molecule has 0 saturated carbocycles. The highest BCUT2D eigenvalue weighted by atomic mass is 16.2. The van der Waals surface area contributed by atoms with Gasteiger partial charge in [0.05, 0.1) is 0 Å². The van der Waals surface area contributed by atoms with Crippen molar-refractivity contribution in [1.29, 1.82) is 0 Å². The molecule has 0 aliphatic carbocycles.